The standard InChI is InChI=1S/C19H19F2N7O/c1-10(14-6-5-13(20)7-15(14)21)24-18-22-9-23-19(26-18)25-17-8-16(12-3-4-12)28(27-17)11(2)29/h5-10,12H,3-4H2,1-2H3,(H2,22,23,24,25,26,27). The molecule has 0 spiro atoms. The van der Waals surface area contributed by atoms with Crippen LogP contribution in [0.25, 0.3) is 0 Å². The Balaban J connectivity index is 1.50. The summed E-state index contributed by atoms with van der Waals surface area (Å²) in [6.45, 7) is 3.17. The van der Waals surface area contributed by atoms with E-state index in [0.29, 0.717) is 11.7 Å². The van der Waals surface area contributed by atoms with Crippen molar-refractivity contribution in [3.63, 3.8) is 0 Å². The molecule has 4 rings (SSSR count). The third-order valence-corrected chi connectivity index (χ3v) is 4.62. The zero-order chi connectivity index (χ0) is 20.5. The first-order valence-electron chi connectivity index (χ1n) is 9.19. The zero-order valence-electron chi connectivity index (χ0n) is 15.9. The van der Waals surface area contributed by atoms with Gasteiger partial charge in [0.1, 0.15) is 18.0 Å². The van der Waals surface area contributed by atoms with Gasteiger partial charge in [-0.1, -0.05) is 6.07 Å². The van der Waals surface area contributed by atoms with Gasteiger partial charge < -0.3 is 10.6 Å². The van der Waals surface area contributed by atoms with Gasteiger partial charge in [-0.15, -0.1) is 5.10 Å². The number of hydrogen-bond acceptors (Lipinski definition) is 7. The van der Waals surface area contributed by atoms with E-state index >= 15 is 0 Å². The number of carbonyl (C=O) groups excluding carboxylic acids is 1. The van der Waals surface area contributed by atoms with Crippen LogP contribution in [0.4, 0.5) is 26.5 Å². The number of hydrogen-bond donors (Lipinski definition) is 2. The molecule has 1 saturated carbocycles. The van der Waals surface area contributed by atoms with E-state index in [4.69, 9.17) is 0 Å². The van der Waals surface area contributed by atoms with Crippen LogP contribution in [0.1, 0.15) is 54.7 Å². The van der Waals surface area contributed by atoms with Crippen molar-refractivity contribution in [2.24, 2.45) is 0 Å². The Kier molecular flexibility index (Phi) is 4.91. The van der Waals surface area contributed by atoms with Crippen molar-refractivity contribution < 1.29 is 13.6 Å². The highest BCUT2D eigenvalue weighted by Crippen LogP contribution is 2.41. The van der Waals surface area contributed by atoms with E-state index in [1.165, 1.54) is 30.1 Å². The highest BCUT2D eigenvalue weighted by Gasteiger charge is 2.29. The van der Waals surface area contributed by atoms with Gasteiger partial charge in [0.2, 0.25) is 17.8 Å². The zero-order valence-corrected chi connectivity index (χ0v) is 15.9. The Morgan fingerprint density at radius 3 is 2.66 bits per heavy atom. The second kappa shape index (κ2) is 7.53. The first-order valence-corrected chi connectivity index (χ1v) is 9.19. The smallest absolute Gasteiger partial charge is 0.244 e. The average Bonchev–Trinajstić information content (AvgIpc) is 3.42. The summed E-state index contributed by atoms with van der Waals surface area (Å²) in [7, 11) is 0. The molecule has 0 saturated heterocycles. The molecule has 2 heterocycles. The van der Waals surface area contributed by atoms with Crippen LogP contribution in [-0.2, 0) is 0 Å². The van der Waals surface area contributed by atoms with Crippen molar-refractivity contribution in [3.05, 3.63) is 53.5 Å². The van der Waals surface area contributed by atoms with Crippen LogP contribution in [0.5, 0.6) is 0 Å². The van der Waals surface area contributed by atoms with Crippen LogP contribution in [-0.4, -0.2) is 30.6 Å². The van der Waals surface area contributed by atoms with E-state index in [1.54, 1.807) is 6.92 Å². The number of carbonyl (C=O) groups is 1. The van der Waals surface area contributed by atoms with Crippen molar-refractivity contribution in [3.8, 4) is 0 Å². The third-order valence-electron chi connectivity index (χ3n) is 4.62. The summed E-state index contributed by atoms with van der Waals surface area (Å²) in [6.07, 6.45) is 3.38. The molecule has 0 bridgehead atoms. The molecule has 1 aliphatic carbocycles. The van der Waals surface area contributed by atoms with Crippen LogP contribution in [0.3, 0.4) is 0 Å². The highest BCUT2D eigenvalue weighted by molar-refractivity contribution is 5.77. The summed E-state index contributed by atoms with van der Waals surface area (Å²) in [5.41, 5.74) is 1.16. The topological polar surface area (TPSA) is 97.6 Å². The van der Waals surface area contributed by atoms with Crippen molar-refractivity contribution in [2.75, 3.05) is 10.6 Å². The molecule has 3 aromatic rings. The van der Waals surface area contributed by atoms with E-state index < -0.39 is 17.7 Å². The van der Waals surface area contributed by atoms with Crippen molar-refractivity contribution >= 4 is 23.6 Å². The summed E-state index contributed by atoms with van der Waals surface area (Å²) in [5.74, 6) is -0.202. The molecule has 1 atom stereocenters. The minimum absolute atomic E-state index is 0.159. The monoisotopic (exact) mass is 399 g/mol. The Labute approximate surface area is 165 Å². The molecule has 1 fully saturated rings. The number of nitrogens with zero attached hydrogens (tertiary/aromatic N) is 5. The first kappa shape index (κ1) is 18.9. The molecule has 0 aliphatic heterocycles. The SMILES string of the molecule is CC(=O)n1nc(Nc2ncnc(NC(C)c3ccc(F)cc3F)n2)cc1C1CC1. The number of aromatic nitrogens is 5. The molecule has 2 N–H and O–H groups in total. The molecule has 2 aromatic heterocycles. The largest absolute Gasteiger partial charge is 0.347 e. The molecule has 0 amide bonds. The average molecular weight is 399 g/mol. The van der Waals surface area contributed by atoms with Crippen molar-refractivity contribution in [1.82, 2.24) is 24.7 Å². The number of rotatable bonds is 6. The second-order valence-corrected chi connectivity index (χ2v) is 6.95. The lowest BCUT2D eigenvalue weighted by Crippen LogP contribution is -2.13. The Morgan fingerprint density at radius 2 is 1.97 bits per heavy atom. The Hall–Kier alpha value is -3.43. The summed E-state index contributed by atoms with van der Waals surface area (Å²) in [5, 5.41) is 10.2. The molecule has 1 unspecified atom stereocenters. The summed E-state index contributed by atoms with van der Waals surface area (Å²) < 4.78 is 28.5. The number of halogens is 2. The molecule has 150 valence electrons. The molecule has 1 aliphatic rings. The molecule has 8 nitrogen and oxygen atoms in total. The minimum atomic E-state index is -0.653. The van der Waals surface area contributed by atoms with E-state index in [1.807, 2.05) is 6.07 Å². The van der Waals surface area contributed by atoms with Crippen molar-refractivity contribution in [2.45, 2.75) is 38.6 Å². The Bertz CT molecular complexity index is 1060. The maximum Gasteiger partial charge on any atom is 0.244 e. The predicted molar refractivity (Wildman–Crippen MR) is 102 cm³/mol. The van der Waals surface area contributed by atoms with E-state index in [9.17, 15) is 13.6 Å². The fraction of sp³-hybridized carbons (Fsp3) is 0.316. The first-order chi connectivity index (χ1) is 13.9. The minimum Gasteiger partial charge on any atom is -0.347 e. The number of benzene rings is 1. The lowest BCUT2D eigenvalue weighted by atomic mass is 10.1. The fourth-order valence-corrected chi connectivity index (χ4v) is 3.04. The van der Waals surface area contributed by atoms with Crippen LogP contribution in [0, 0.1) is 11.6 Å². The molecule has 10 heteroatoms. The van der Waals surface area contributed by atoms with Gasteiger partial charge in [0.25, 0.3) is 0 Å². The molecule has 1 aromatic carbocycles. The van der Waals surface area contributed by atoms with Crippen LogP contribution < -0.4 is 10.6 Å². The van der Waals surface area contributed by atoms with Crippen molar-refractivity contribution in [1.29, 1.82) is 0 Å². The summed E-state index contributed by atoms with van der Waals surface area (Å²) in [4.78, 5) is 24.1. The second-order valence-electron chi connectivity index (χ2n) is 6.95. The van der Waals surface area contributed by atoms with Gasteiger partial charge in [0.15, 0.2) is 5.82 Å². The van der Waals surface area contributed by atoms with E-state index in [0.717, 1.165) is 24.6 Å². The van der Waals surface area contributed by atoms with Crippen LogP contribution >= 0.6 is 0 Å². The van der Waals surface area contributed by atoms with Gasteiger partial charge in [-0.3, -0.25) is 4.79 Å². The molecule has 0 radical (unpaired) electrons. The predicted octanol–water partition coefficient (Wildman–Crippen LogP) is 3.80. The number of nitrogens with one attached hydrogen (secondary N) is 2. The quantitative estimate of drug-likeness (QED) is 0.651. The lowest BCUT2D eigenvalue weighted by molar-refractivity contribution is 0.0918. The fourth-order valence-electron chi connectivity index (χ4n) is 3.04. The normalized spacial score (nSPS) is 14.5. The van der Waals surface area contributed by atoms with E-state index in [2.05, 4.69) is 30.7 Å². The lowest BCUT2D eigenvalue weighted by Gasteiger charge is -2.15. The van der Waals surface area contributed by atoms with Gasteiger partial charge in [-0.2, -0.15) is 4.98 Å². The highest BCUT2D eigenvalue weighted by atomic mass is 19.1. The van der Waals surface area contributed by atoms with Crippen LogP contribution in [0.15, 0.2) is 30.6 Å². The maximum absolute atomic E-state index is 14.0. The molecular formula is C19H19F2N7O. The van der Waals surface area contributed by atoms with Gasteiger partial charge in [-0.25, -0.2) is 23.4 Å². The van der Waals surface area contributed by atoms with Crippen LogP contribution in [0.2, 0.25) is 0 Å². The number of anilines is 3. The molecule has 29 heavy (non-hydrogen) atoms. The maximum atomic E-state index is 14.0. The molecular weight excluding hydrogens is 380 g/mol. The summed E-state index contributed by atoms with van der Waals surface area (Å²) >= 11 is 0. The van der Waals surface area contributed by atoms with Gasteiger partial charge >= 0.3 is 0 Å². The van der Waals surface area contributed by atoms with E-state index in [-0.39, 0.29) is 23.4 Å². The summed E-state index contributed by atoms with van der Waals surface area (Å²) in [6, 6.07) is 4.71. The third kappa shape index (κ3) is 4.20. The van der Waals surface area contributed by atoms with Gasteiger partial charge in [-0.05, 0) is 25.8 Å². The van der Waals surface area contributed by atoms with Gasteiger partial charge in [0, 0.05) is 30.5 Å². The Morgan fingerprint density at radius 1 is 1.21 bits per heavy atom. The van der Waals surface area contributed by atoms with Gasteiger partial charge in [0.05, 0.1) is 11.7 Å².